The number of nitrogens with zero attached hydrogens (tertiary/aromatic N) is 1. The molecule has 5 heteroatoms. The minimum absolute atomic E-state index is 0.00639. The number of likely N-dealkylation sites (tertiary alicyclic amines) is 1. The molecule has 2 aliphatic rings. The topological polar surface area (TPSA) is 32.3 Å². The lowest BCUT2D eigenvalue weighted by molar-refractivity contribution is 0.0737. The van der Waals surface area contributed by atoms with Gasteiger partial charge in [0.05, 0.1) is 4.47 Å². The van der Waals surface area contributed by atoms with Gasteiger partial charge in [0.1, 0.15) is 5.82 Å². The summed E-state index contributed by atoms with van der Waals surface area (Å²) < 4.78 is 13.5. The molecule has 2 atom stereocenters. The molecule has 1 amide bonds. The molecule has 18 heavy (non-hydrogen) atoms. The van der Waals surface area contributed by atoms with Crippen LogP contribution in [0.2, 0.25) is 0 Å². The number of fused-ring (bicyclic) bond motifs is 1. The maximum Gasteiger partial charge on any atom is 0.254 e. The van der Waals surface area contributed by atoms with Gasteiger partial charge in [0.15, 0.2) is 0 Å². The number of carbonyl (C=O) groups is 1. The number of halogens is 2. The normalized spacial score (nSPS) is 26.4. The number of nitrogens with one attached hydrogen (secondary N) is 1. The number of benzene rings is 1. The van der Waals surface area contributed by atoms with Crippen LogP contribution < -0.4 is 5.32 Å². The predicted octanol–water partition coefficient (Wildman–Crippen LogP) is 2.02. The van der Waals surface area contributed by atoms with Crippen LogP contribution in [-0.4, -0.2) is 36.5 Å². The summed E-state index contributed by atoms with van der Waals surface area (Å²) in [4.78, 5) is 14.3. The molecule has 1 aromatic carbocycles. The van der Waals surface area contributed by atoms with Crippen LogP contribution in [0.1, 0.15) is 16.8 Å². The van der Waals surface area contributed by atoms with E-state index in [1.807, 2.05) is 4.90 Å². The molecule has 2 saturated heterocycles. The van der Waals surface area contributed by atoms with Crippen LogP contribution >= 0.6 is 15.9 Å². The summed E-state index contributed by atoms with van der Waals surface area (Å²) in [5, 5.41) is 3.32. The zero-order valence-corrected chi connectivity index (χ0v) is 11.4. The molecule has 0 bridgehead atoms. The van der Waals surface area contributed by atoms with E-state index in [-0.39, 0.29) is 11.7 Å². The Morgan fingerprint density at radius 2 is 2.28 bits per heavy atom. The zero-order valence-electron chi connectivity index (χ0n) is 9.83. The average Bonchev–Trinajstić information content (AvgIpc) is 2.93. The van der Waals surface area contributed by atoms with Crippen molar-refractivity contribution < 1.29 is 9.18 Å². The van der Waals surface area contributed by atoms with Gasteiger partial charge in [-0.25, -0.2) is 4.39 Å². The van der Waals surface area contributed by atoms with E-state index < -0.39 is 0 Å². The van der Waals surface area contributed by atoms with Crippen molar-refractivity contribution in [3.05, 3.63) is 34.1 Å². The molecule has 0 radical (unpaired) electrons. The molecular weight excluding hydrogens is 299 g/mol. The summed E-state index contributed by atoms with van der Waals surface area (Å²) in [6.45, 7) is 2.69. The molecule has 3 rings (SSSR count). The van der Waals surface area contributed by atoms with Crippen molar-refractivity contribution >= 4 is 21.8 Å². The van der Waals surface area contributed by atoms with E-state index in [2.05, 4.69) is 21.2 Å². The highest BCUT2D eigenvalue weighted by Crippen LogP contribution is 2.29. The van der Waals surface area contributed by atoms with Crippen LogP contribution in [0, 0.1) is 11.7 Å². The van der Waals surface area contributed by atoms with Gasteiger partial charge in [0.2, 0.25) is 0 Å². The highest BCUT2D eigenvalue weighted by atomic mass is 79.9. The fourth-order valence-electron chi connectivity index (χ4n) is 2.90. The van der Waals surface area contributed by atoms with E-state index >= 15 is 0 Å². The lowest BCUT2D eigenvalue weighted by atomic mass is 10.0. The van der Waals surface area contributed by atoms with Gasteiger partial charge in [-0.05, 0) is 46.5 Å². The Balaban J connectivity index is 1.84. The van der Waals surface area contributed by atoms with E-state index in [0.29, 0.717) is 22.0 Å². The highest BCUT2D eigenvalue weighted by molar-refractivity contribution is 9.10. The average molecular weight is 313 g/mol. The monoisotopic (exact) mass is 312 g/mol. The van der Waals surface area contributed by atoms with E-state index in [9.17, 15) is 9.18 Å². The van der Waals surface area contributed by atoms with Crippen LogP contribution in [0.25, 0.3) is 0 Å². The van der Waals surface area contributed by atoms with Gasteiger partial charge in [0, 0.05) is 31.2 Å². The van der Waals surface area contributed by atoms with Crippen molar-refractivity contribution in [1.29, 1.82) is 0 Å². The minimum atomic E-state index is -0.339. The van der Waals surface area contributed by atoms with E-state index in [1.54, 1.807) is 12.1 Å². The molecule has 1 N–H and O–H groups in total. The van der Waals surface area contributed by atoms with Gasteiger partial charge in [-0.3, -0.25) is 4.79 Å². The maximum absolute atomic E-state index is 13.2. The molecule has 2 fully saturated rings. The van der Waals surface area contributed by atoms with Crippen molar-refractivity contribution in [2.45, 2.75) is 12.5 Å². The van der Waals surface area contributed by atoms with Crippen molar-refractivity contribution in [2.24, 2.45) is 5.92 Å². The molecule has 0 aliphatic carbocycles. The SMILES string of the molecule is O=C(c1ccc(F)c(Br)c1)N1CC[C@H]2CNC[C@H]21. The predicted molar refractivity (Wildman–Crippen MR) is 69.9 cm³/mol. The quantitative estimate of drug-likeness (QED) is 0.860. The highest BCUT2D eigenvalue weighted by Gasteiger charge is 2.40. The molecule has 2 heterocycles. The molecule has 2 aliphatic heterocycles. The van der Waals surface area contributed by atoms with E-state index in [1.165, 1.54) is 6.07 Å². The molecule has 3 nitrogen and oxygen atoms in total. The van der Waals surface area contributed by atoms with E-state index in [0.717, 1.165) is 26.1 Å². The lowest BCUT2D eigenvalue weighted by Crippen LogP contribution is -2.39. The van der Waals surface area contributed by atoms with Crippen molar-refractivity contribution in [3.8, 4) is 0 Å². The first-order chi connectivity index (χ1) is 8.66. The Morgan fingerprint density at radius 1 is 1.44 bits per heavy atom. The third-order valence-electron chi connectivity index (χ3n) is 3.87. The fraction of sp³-hybridized carbons (Fsp3) is 0.462. The first-order valence-corrected chi connectivity index (χ1v) is 6.93. The molecular formula is C13H14BrFN2O. The zero-order chi connectivity index (χ0) is 12.7. The van der Waals surface area contributed by atoms with Gasteiger partial charge < -0.3 is 10.2 Å². The van der Waals surface area contributed by atoms with E-state index in [4.69, 9.17) is 0 Å². The molecule has 1 aromatic rings. The molecule has 0 aromatic heterocycles. The minimum Gasteiger partial charge on any atom is -0.334 e. The summed E-state index contributed by atoms with van der Waals surface area (Å²) in [6, 6.07) is 4.75. The van der Waals surface area contributed by atoms with Gasteiger partial charge in [-0.2, -0.15) is 0 Å². The Morgan fingerprint density at radius 3 is 3.06 bits per heavy atom. The van der Waals surface area contributed by atoms with Gasteiger partial charge >= 0.3 is 0 Å². The van der Waals surface area contributed by atoms with Crippen LogP contribution in [0.3, 0.4) is 0 Å². The third kappa shape index (κ3) is 1.95. The van der Waals surface area contributed by atoms with Crippen LogP contribution in [0.4, 0.5) is 4.39 Å². The van der Waals surface area contributed by atoms with Gasteiger partial charge in [0.25, 0.3) is 5.91 Å². The summed E-state index contributed by atoms with van der Waals surface area (Å²) in [5.41, 5.74) is 0.552. The first kappa shape index (κ1) is 12.1. The number of hydrogen-bond acceptors (Lipinski definition) is 2. The largest absolute Gasteiger partial charge is 0.334 e. The Bertz CT molecular complexity index is 494. The number of carbonyl (C=O) groups excluding carboxylic acids is 1. The lowest BCUT2D eigenvalue weighted by Gasteiger charge is -2.23. The summed E-state index contributed by atoms with van der Waals surface area (Å²) in [7, 11) is 0. The first-order valence-electron chi connectivity index (χ1n) is 6.13. The van der Waals surface area contributed by atoms with Crippen molar-refractivity contribution in [2.75, 3.05) is 19.6 Å². The summed E-state index contributed by atoms with van der Waals surface area (Å²) in [6.07, 6.45) is 1.06. The number of amides is 1. The maximum atomic E-state index is 13.2. The molecule has 0 saturated carbocycles. The van der Waals surface area contributed by atoms with Crippen molar-refractivity contribution in [1.82, 2.24) is 10.2 Å². The Labute approximate surface area is 113 Å². The van der Waals surface area contributed by atoms with Crippen LogP contribution in [0.15, 0.2) is 22.7 Å². The second kappa shape index (κ2) is 4.63. The second-order valence-electron chi connectivity index (χ2n) is 4.90. The Kier molecular flexibility index (Phi) is 3.11. The summed E-state index contributed by atoms with van der Waals surface area (Å²) >= 11 is 3.12. The third-order valence-corrected chi connectivity index (χ3v) is 4.48. The fourth-order valence-corrected chi connectivity index (χ4v) is 3.28. The molecule has 0 spiro atoms. The van der Waals surface area contributed by atoms with Crippen LogP contribution in [0.5, 0.6) is 0 Å². The smallest absolute Gasteiger partial charge is 0.254 e. The van der Waals surface area contributed by atoms with Gasteiger partial charge in [-0.1, -0.05) is 0 Å². The molecule has 0 unspecified atom stereocenters. The Hall–Kier alpha value is -0.940. The van der Waals surface area contributed by atoms with Crippen molar-refractivity contribution in [3.63, 3.8) is 0 Å². The van der Waals surface area contributed by atoms with Gasteiger partial charge in [-0.15, -0.1) is 0 Å². The van der Waals surface area contributed by atoms with Crippen LogP contribution in [-0.2, 0) is 0 Å². The second-order valence-corrected chi connectivity index (χ2v) is 5.76. The number of rotatable bonds is 1. The standard InChI is InChI=1S/C13H14BrFN2O/c14-10-5-8(1-2-11(10)15)13(18)17-4-3-9-6-16-7-12(9)17/h1-2,5,9,12,16H,3-4,6-7H2/t9-,12+/m0/s1. The summed E-state index contributed by atoms with van der Waals surface area (Å²) in [5.74, 6) is 0.248. The number of hydrogen-bond donors (Lipinski definition) is 1. The molecule has 96 valence electrons.